The Morgan fingerprint density at radius 2 is 1.83 bits per heavy atom. The van der Waals surface area contributed by atoms with Gasteiger partial charge in [-0.05, 0) is 11.5 Å². The highest BCUT2D eigenvalue weighted by molar-refractivity contribution is 5.59. The molecule has 1 aliphatic carbocycles. The van der Waals surface area contributed by atoms with Gasteiger partial charge in [0.25, 0.3) is 0 Å². The van der Waals surface area contributed by atoms with Crippen molar-refractivity contribution in [3.63, 3.8) is 0 Å². The Morgan fingerprint density at radius 3 is 2.39 bits per heavy atom. The second-order valence-corrected chi connectivity index (χ2v) is 5.77. The molecule has 1 heterocycles. The lowest BCUT2D eigenvalue weighted by Gasteiger charge is -2.01. The van der Waals surface area contributed by atoms with Gasteiger partial charge in [0.15, 0.2) is 0 Å². The SMILES string of the molecule is Cn1nc(-c2ccccc2)cc1C1C(N)C1(C)C. The molecule has 18 heavy (non-hydrogen) atoms. The predicted molar refractivity (Wildman–Crippen MR) is 73.1 cm³/mol. The maximum atomic E-state index is 6.15. The van der Waals surface area contributed by atoms with Gasteiger partial charge in [0, 0.05) is 30.3 Å². The van der Waals surface area contributed by atoms with Crippen LogP contribution in [0.1, 0.15) is 25.5 Å². The average molecular weight is 241 g/mol. The van der Waals surface area contributed by atoms with Gasteiger partial charge in [-0.1, -0.05) is 44.2 Å². The largest absolute Gasteiger partial charge is 0.327 e. The van der Waals surface area contributed by atoms with Gasteiger partial charge in [-0.15, -0.1) is 0 Å². The van der Waals surface area contributed by atoms with Gasteiger partial charge in [-0.25, -0.2) is 0 Å². The zero-order chi connectivity index (χ0) is 12.9. The molecule has 0 aliphatic heterocycles. The van der Waals surface area contributed by atoms with Crippen LogP contribution in [-0.2, 0) is 7.05 Å². The van der Waals surface area contributed by atoms with Crippen molar-refractivity contribution in [2.75, 3.05) is 0 Å². The van der Waals surface area contributed by atoms with E-state index in [0.717, 1.165) is 11.3 Å². The van der Waals surface area contributed by atoms with Crippen LogP contribution in [0.5, 0.6) is 0 Å². The molecule has 94 valence electrons. The Balaban J connectivity index is 1.98. The van der Waals surface area contributed by atoms with Crippen molar-refractivity contribution in [1.82, 2.24) is 9.78 Å². The molecule has 3 rings (SSSR count). The van der Waals surface area contributed by atoms with Crippen molar-refractivity contribution in [1.29, 1.82) is 0 Å². The standard InChI is InChI=1S/C15H19N3/c1-15(2)13(14(15)16)12-9-11(17-18(12)3)10-7-5-4-6-8-10/h4-9,13-14H,16H2,1-3H3. The minimum Gasteiger partial charge on any atom is -0.327 e. The van der Waals surface area contributed by atoms with E-state index >= 15 is 0 Å². The van der Waals surface area contributed by atoms with Crippen LogP contribution in [-0.4, -0.2) is 15.8 Å². The second kappa shape index (κ2) is 3.69. The normalized spacial score (nSPS) is 25.1. The number of nitrogens with zero attached hydrogens (tertiary/aromatic N) is 2. The summed E-state index contributed by atoms with van der Waals surface area (Å²) in [6.07, 6.45) is 0. The molecule has 2 unspecified atom stereocenters. The van der Waals surface area contributed by atoms with Crippen LogP contribution in [0.4, 0.5) is 0 Å². The van der Waals surface area contributed by atoms with E-state index in [0.29, 0.717) is 5.92 Å². The van der Waals surface area contributed by atoms with Gasteiger partial charge in [-0.3, -0.25) is 4.68 Å². The van der Waals surface area contributed by atoms with Crippen molar-refractivity contribution in [2.45, 2.75) is 25.8 Å². The molecule has 3 heteroatoms. The zero-order valence-corrected chi connectivity index (χ0v) is 11.1. The molecule has 0 radical (unpaired) electrons. The number of aromatic nitrogens is 2. The summed E-state index contributed by atoms with van der Waals surface area (Å²) < 4.78 is 1.97. The van der Waals surface area contributed by atoms with Crippen LogP contribution >= 0.6 is 0 Å². The first-order chi connectivity index (χ1) is 8.51. The fourth-order valence-electron chi connectivity index (χ4n) is 2.77. The Labute approximate surface area is 108 Å². The highest BCUT2D eigenvalue weighted by Crippen LogP contribution is 2.57. The third kappa shape index (κ3) is 1.58. The lowest BCUT2D eigenvalue weighted by Crippen LogP contribution is -2.07. The molecular formula is C15H19N3. The Kier molecular flexibility index (Phi) is 2.35. The smallest absolute Gasteiger partial charge is 0.0926 e. The quantitative estimate of drug-likeness (QED) is 0.878. The third-order valence-electron chi connectivity index (χ3n) is 4.21. The molecular weight excluding hydrogens is 222 g/mol. The van der Waals surface area contributed by atoms with E-state index < -0.39 is 0 Å². The van der Waals surface area contributed by atoms with Crippen molar-refractivity contribution in [2.24, 2.45) is 18.2 Å². The van der Waals surface area contributed by atoms with Gasteiger partial charge in [0.05, 0.1) is 5.69 Å². The lowest BCUT2D eigenvalue weighted by atomic mass is 10.1. The van der Waals surface area contributed by atoms with Crippen LogP contribution < -0.4 is 5.73 Å². The summed E-state index contributed by atoms with van der Waals surface area (Å²) in [6.45, 7) is 4.44. The van der Waals surface area contributed by atoms with Crippen LogP contribution in [0, 0.1) is 5.41 Å². The first-order valence-electron chi connectivity index (χ1n) is 6.37. The summed E-state index contributed by atoms with van der Waals surface area (Å²) in [7, 11) is 2.00. The maximum absolute atomic E-state index is 6.15. The summed E-state index contributed by atoms with van der Waals surface area (Å²) in [6, 6.07) is 12.7. The molecule has 1 aromatic carbocycles. The van der Waals surface area contributed by atoms with E-state index in [1.165, 1.54) is 5.69 Å². The summed E-state index contributed by atoms with van der Waals surface area (Å²) in [5.41, 5.74) is 9.78. The number of aryl methyl sites for hydroxylation is 1. The predicted octanol–water partition coefficient (Wildman–Crippen LogP) is 2.54. The summed E-state index contributed by atoms with van der Waals surface area (Å²) >= 11 is 0. The van der Waals surface area contributed by atoms with E-state index in [-0.39, 0.29) is 11.5 Å². The monoisotopic (exact) mass is 241 g/mol. The molecule has 1 aliphatic rings. The lowest BCUT2D eigenvalue weighted by molar-refractivity contribution is 0.581. The number of benzene rings is 1. The highest BCUT2D eigenvalue weighted by atomic mass is 15.3. The van der Waals surface area contributed by atoms with E-state index in [9.17, 15) is 0 Å². The van der Waals surface area contributed by atoms with E-state index in [1.807, 2.05) is 29.9 Å². The molecule has 0 amide bonds. The van der Waals surface area contributed by atoms with Crippen LogP contribution in [0.3, 0.4) is 0 Å². The molecule has 1 fully saturated rings. The molecule has 1 aromatic heterocycles. The Hall–Kier alpha value is -1.61. The first kappa shape index (κ1) is 11.5. The minimum absolute atomic E-state index is 0.196. The molecule has 0 bridgehead atoms. The fraction of sp³-hybridized carbons (Fsp3) is 0.400. The summed E-state index contributed by atoms with van der Waals surface area (Å²) in [5, 5.41) is 4.60. The number of hydrogen-bond donors (Lipinski definition) is 1. The van der Waals surface area contributed by atoms with Crippen molar-refractivity contribution in [3.05, 3.63) is 42.1 Å². The van der Waals surface area contributed by atoms with Gasteiger partial charge < -0.3 is 5.73 Å². The van der Waals surface area contributed by atoms with Crippen LogP contribution in [0.2, 0.25) is 0 Å². The van der Waals surface area contributed by atoms with E-state index in [4.69, 9.17) is 5.73 Å². The Bertz CT molecular complexity index is 569. The number of hydrogen-bond acceptors (Lipinski definition) is 2. The van der Waals surface area contributed by atoms with Crippen LogP contribution in [0.15, 0.2) is 36.4 Å². The molecule has 3 nitrogen and oxygen atoms in total. The maximum Gasteiger partial charge on any atom is 0.0926 e. The molecule has 2 aromatic rings. The van der Waals surface area contributed by atoms with E-state index in [2.05, 4.69) is 37.1 Å². The topological polar surface area (TPSA) is 43.8 Å². The minimum atomic E-state index is 0.196. The zero-order valence-electron chi connectivity index (χ0n) is 11.1. The third-order valence-corrected chi connectivity index (χ3v) is 4.21. The van der Waals surface area contributed by atoms with E-state index in [1.54, 1.807) is 0 Å². The van der Waals surface area contributed by atoms with Crippen molar-refractivity contribution in [3.8, 4) is 11.3 Å². The highest BCUT2D eigenvalue weighted by Gasteiger charge is 2.57. The Morgan fingerprint density at radius 1 is 1.22 bits per heavy atom. The van der Waals surface area contributed by atoms with Gasteiger partial charge in [0.1, 0.15) is 0 Å². The summed E-state index contributed by atoms with van der Waals surface area (Å²) in [4.78, 5) is 0. The van der Waals surface area contributed by atoms with Gasteiger partial charge in [0.2, 0.25) is 0 Å². The second-order valence-electron chi connectivity index (χ2n) is 5.77. The van der Waals surface area contributed by atoms with Crippen molar-refractivity contribution >= 4 is 0 Å². The molecule has 1 saturated carbocycles. The first-order valence-corrected chi connectivity index (χ1v) is 6.37. The van der Waals surface area contributed by atoms with Crippen molar-refractivity contribution < 1.29 is 0 Å². The number of rotatable bonds is 2. The molecule has 0 saturated heterocycles. The van der Waals surface area contributed by atoms with Gasteiger partial charge >= 0.3 is 0 Å². The fourth-order valence-corrected chi connectivity index (χ4v) is 2.77. The average Bonchev–Trinajstić information content (AvgIpc) is 2.70. The van der Waals surface area contributed by atoms with Gasteiger partial charge in [-0.2, -0.15) is 5.10 Å². The summed E-state index contributed by atoms with van der Waals surface area (Å²) in [5.74, 6) is 0.424. The molecule has 2 atom stereocenters. The molecule has 0 spiro atoms. The molecule has 2 N–H and O–H groups in total. The number of nitrogens with two attached hydrogens (primary N) is 1. The van der Waals surface area contributed by atoms with Crippen LogP contribution in [0.25, 0.3) is 11.3 Å².